The van der Waals surface area contributed by atoms with Gasteiger partial charge in [-0.15, -0.1) is 0 Å². The van der Waals surface area contributed by atoms with Crippen LogP contribution in [0.2, 0.25) is 0 Å². The zero-order valence-electron chi connectivity index (χ0n) is 14.7. The number of nitrogens with zero attached hydrogens (tertiary/aromatic N) is 4. The average molecular weight is 353 g/mol. The molecule has 3 heterocycles. The van der Waals surface area contributed by atoms with Gasteiger partial charge in [-0.3, -0.25) is 4.79 Å². The van der Waals surface area contributed by atoms with Gasteiger partial charge in [0.25, 0.3) is 5.91 Å². The number of methoxy groups -OCH3 is 1. The largest absolute Gasteiger partial charge is 0.494 e. The van der Waals surface area contributed by atoms with E-state index in [-0.39, 0.29) is 11.6 Å². The van der Waals surface area contributed by atoms with Crippen molar-refractivity contribution < 1.29 is 13.9 Å². The molecule has 1 aromatic carbocycles. The van der Waals surface area contributed by atoms with Crippen molar-refractivity contribution in [1.29, 1.82) is 0 Å². The number of nitrogens with one attached hydrogen (secondary N) is 1. The second kappa shape index (κ2) is 6.62. The van der Waals surface area contributed by atoms with Gasteiger partial charge in [0.15, 0.2) is 22.7 Å². The van der Waals surface area contributed by atoms with Gasteiger partial charge in [-0.1, -0.05) is 0 Å². The molecule has 1 aliphatic rings. The first-order chi connectivity index (χ1) is 12.6. The Morgan fingerprint density at radius 2 is 2.04 bits per heavy atom. The summed E-state index contributed by atoms with van der Waals surface area (Å²) in [5, 5.41) is 2.80. The molecule has 0 bridgehead atoms. The van der Waals surface area contributed by atoms with Crippen LogP contribution in [0.25, 0.3) is 11.1 Å². The molecule has 26 heavy (non-hydrogen) atoms. The number of aryl methyl sites for hydroxylation is 1. The fourth-order valence-electron chi connectivity index (χ4n) is 3.08. The van der Waals surface area contributed by atoms with Gasteiger partial charge >= 0.3 is 0 Å². The third-order valence-corrected chi connectivity index (χ3v) is 4.35. The van der Waals surface area contributed by atoms with E-state index in [2.05, 4.69) is 25.2 Å². The first kappa shape index (κ1) is 16.3. The highest BCUT2D eigenvalue weighted by Gasteiger charge is 2.16. The van der Waals surface area contributed by atoms with Crippen molar-refractivity contribution in [3.05, 3.63) is 36.1 Å². The van der Waals surface area contributed by atoms with E-state index in [0.29, 0.717) is 28.4 Å². The van der Waals surface area contributed by atoms with Crippen molar-refractivity contribution in [1.82, 2.24) is 15.0 Å². The number of benzene rings is 1. The zero-order chi connectivity index (χ0) is 18.1. The maximum absolute atomic E-state index is 12.5. The molecule has 1 N–H and O–H groups in total. The molecule has 1 saturated heterocycles. The van der Waals surface area contributed by atoms with Crippen LogP contribution in [0, 0.1) is 6.92 Å². The molecule has 4 rings (SSSR count). The van der Waals surface area contributed by atoms with Crippen LogP contribution in [-0.4, -0.2) is 41.1 Å². The van der Waals surface area contributed by atoms with E-state index in [1.54, 1.807) is 32.4 Å². The lowest BCUT2D eigenvalue weighted by Gasteiger charge is -2.15. The third kappa shape index (κ3) is 3.05. The second-order valence-electron chi connectivity index (χ2n) is 6.17. The lowest BCUT2D eigenvalue weighted by molar-refractivity contribution is 0.102. The summed E-state index contributed by atoms with van der Waals surface area (Å²) in [6.07, 6.45) is 5.46. The highest BCUT2D eigenvalue weighted by Crippen LogP contribution is 2.30. The topological polar surface area (TPSA) is 93.4 Å². The van der Waals surface area contributed by atoms with Gasteiger partial charge in [-0.2, -0.15) is 0 Å². The predicted octanol–water partition coefficient (Wildman–Crippen LogP) is 2.79. The summed E-state index contributed by atoms with van der Waals surface area (Å²) >= 11 is 0. The van der Waals surface area contributed by atoms with E-state index in [9.17, 15) is 4.79 Å². The quantitative estimate of drug-likeness (QED) is 0.771. The summed E-state index contributed by atoms with van der Waals surface area (Å²) < 4.78 is 10.9. The number of amides is 1. The second-order valence-corrected chi connectivity index (χ2v) is 6.17. The Morgan fingerprint density at radius 3 is 2.73 bits per heavy atom. The van der Waals surface area contributed by atoms with Crippen LogP contribution in [0.15, 0.2) is 28.9 Å². The van der Waals surface area contributed by atoms with Crippen molar-refractivity contribution in [3.8, 4) is 5.75 Å². The Labute approximate surface area is 150 Å². The molecule has 0 spiro atoms. The highest BCUT2D eigenvalue weighted by molar-refractivity contribution is 6.03. The van der Waals surface area contributed by atoms with E-state index in [1.807, 2.05) is 0 Å². The molecule has 0 atom stereocenters. The van der Waals surface area contributed by atoms with Gasteiger partial charge in [-0.05, 0) is 12.8 Å². The minimum absolute atomic E-state index is 0.251. The van der Waals surface area contributed by atoms with Gasteiger partial charge in [0.05, 0.1) is 19.5 Å². The molecule has 1 amide bonds. The summed E-state index contributed by atoms with van der Waals surface area (Å²) in [5.74, 6) is 1.53. The summed E-state index contributed by atoms with van der Waals surface area (Å²) in [7, 11) is 1.55. The normalized spacial score (nSPS) is 14.0. The number of oxazole rings is 1. The van der Waals surface area contributed by atoms with Gasteiger partial charge in [0.1, 0.15) is 11.5 Å². The molecule has 0 radical (unpaired) electrons. The van der Waals surface area contributed by atoms with Crippen LogP contribution in [0.3, 0.4) is 0 Å². The number of ether oxygens (including phenoxy) is 1. The maximum Gasteiger partial charge on any atom is 0.275 e. The molecule has 0 saturated carbocycles. The summed E-state index contributed by atoms with van der Waals surface area (Å²) in [4.78, 5) is 27.5. The SMILES string of the molecule is COc1cc(NC(=O)c2cnc(N3CCCC3)cn2)cc2oc(C)nc12. The number of anilines is 2. The molecule has 8 nitrogen and oxygen atoms in total. The van der Waals surface area contributed by atoms with Crippen molar-refractivity contribution >= 4 is 28.5 Å². The molecule has 0 unspecified atom stereocenters. The maximum atomic E-state index is 12.5. The Hall–Kier alpha value is -3.16. The van der Waals surface area contributed by atoms with Crippen molar-refractivity contribution in [2.75, 3.05) is 30.4 Å². The standard InChI is InChI=1S/C18H19N5O3/c1-11-21-17-14(25-2)7-12(8-15(17)26-11)22-18(24)13-9-20-16(10-19-13)23-5-3-4-6-23/h7-10H,3-6H2,1-2H3,(H,22,24). The molecule has 134 valence electrons. The van der Waals surface area contributed by atoms with E-state index in [4.69, 9.17) is 9.15 Å². The highest BCUT2D eigenvalue weighted by atomic mass is 16.5. The van der Waals surface area contributed by atoms with E-state index < -0.39 is 0 Å². The van der Waals surface area contributed by atoms with Gasteiger partial charge in [0.2, 0.25) is 0 Å². The van der Waals surface area contributed by atoms with Crippen LogP contribution in [0.4, 0.5) is 11.5 Å². The van der Waals surface area contributed by atoms with E-state index in [1.165, 1.54) is 6.20 Å². The van der Waals surface area contributed by atoms with Crippen LogP contribution in [-0.2, 0) is 0 Å². The fourth-order valence-corrected chi connectivity index (χ4v) is 3.08. The Morgan fingerprint density at radius 1 is 1.23 bits per heavy atom. The first-order valence-electron chi connectivity index (χ1n) is 8.47. The Kier molecular flexibility index (Phi) is 4.16. The number of aromatic nitrogens is 3. The van der Waals surface area contributed by atoms with Crippen LogP contribution < -0.4 is 15.0 Å². The van der Waals surface area contributed by atoms with Gasteiger partial charge in [-0.25, -0.2) is 15.0 Å². The lowest BCUT2D eigenvalue weighted by atomic mass is 10.2. The molecule has 0 aliphatic carbocycles. The summed E-state index contributed by atoms with van der Waals surface area (Å²) in [6.45, 7) is 3.72. The Bertz CT molecular complexity index is 945. The van der Waals surface area contributed by atoms with Crippen molar-refractivity contribution in [3.63, 3.8) is 0 Å². The number of hydrogen-bond acceptors (Lipinski definition) is 7. The van der Waals surface area contributed by atoms with Crippen molar-refractivity contribution in [2.45, 2.75) is 19.8 Å². The lowest BCUT2D eigenvalue weighted by Crippen LogP contribution is -2.20. The minimum Gasteiger partial charge on any atom is -0.494 e. The Balaban J connectivity index is 1.54. The molecule has 1 fully saturated rings. The molecule has 2 aromatic heterocycles. The number of carbonyl (C=O) groups excluding carboxylic acids is 1. The minimum atomic E-state index is -0.344. The first-order valence-corrected chi connectivity index (χ1v) is 8.47. The van der Waals surface area contributed by atoms with Crippen LogP contribution in [0.5, 0.6) is 5.75 Å². The summed E-state index contributed by atoms with van der Waals surface area (Å²) in [6, 6.07) is 3.41. The number of carbonyl (C=O) groups is 1. The fraction of sp³-hybridized carbons (Fsp3) is 0.333. The summed E-state index contributed by atoms with van der Waals surface area (Å²) in [5.41, 5.74) is 1.96. The van der Waals surface area contributed by atoms with Gasteiger partial charge < -0.3 is 19.4 Å². The number of hydrogen-bond donors (Lipinski definition) is 1. The van der Waals surface area contributed by atoms with Crippen LogP contribution in [0.1, 0.15) is 29.2 Å². The average Bonchev–Trinajstić information content (AvgIpc) is 3.30. The van der Waals surface area contributed by atoms with Crippen molar-refractivity contribution in [2.24, 2.45) is 0 Å². The monoisotopic (exact) mass is 353 g/mol. The molecule has 8 heteroatoms. The van der Waals surface area contributed by atoms with Gasteiger partial charge in [0, 0.05) is 37.8 Å². The molecular weight excluding hydrogens is 334 g/mol. The third-order valence-electron chi connectivity index (χ3n) is 4.35. The molecule has 1 aliphatic heterocycles. The van der Waals surface area contributed by atoms with Crippen LogP contribution >= 0.6 is 0 Å². The smallest absolute Gasteiger partial charge is 0.275 e. The number of rotatable bonds is 4. The zero-order valence-corrected chi connectivity index (χ0v) is 14.7. The molecule has 3 aromatic rings. The van der Waals surface area contributed by atoms with E-state index >= 15 is 0 Å². The number of fused-ring (bicyclic) bond motifs is 1. The molecular formula is C18H19N5O3. The van der Waals surface area contributed by atoms with E-state index in [0.717, 1.165) is 31.7 Å². The predicted molar refractivity (Wildman–Crippen MR) is 96.7 cm³/mol.